The van der Waals surface area contributed by atoms with Crippen molar-refractivity contribution in [1.29, 1.82) is 0 Å². The lowest BCUT2D eigenvalue weighted by atomic mass is 10.1. The molecule has 0 aliphatic heterocycles. The lowest BCUT2D eigenvalue weighted by molar-refractivity contribution is 0.310. The lowest BCUT2D eigenvalue weighted by Crippen LogP contribution is -2.10. The fourth-order valence-corrected chi connectivity index (χ4v) is 2.87. The molecule has 7 heteroatoms. The Balaban J connectivity index is 1.70. The van der Waals surface area contributed by atoms with Crippen LogP contribution in [0.5, 0.6) is 17.5 Å². The molecular weight excluding hydrogens is 404 g/mol. The average molecular weight is 433 g/mol. The summed E-state index contributed by atoms with van der Waals surface area (Å²) >= 11 is 0. The number of rotatable bonds is 13. The molecule has 0 fully saturated rings. The molecule has 2 aromatic carbocycles. The molecule has 0 saturated carbocycles. The second kappa shape index (κ2) is 12.1. The van der Waals surface area contributed by atoms with Gasteiger partial charge in [-0.25, -0.2) is 0 Å². The van der Waals surface area contributed by atoms with E-state index in [-0.39, 0.29) is 0 Å². The Hall–Kier alpha value is -3.87. The first kappa shape index (κ1) is 22.8. The molecule has 7 nitrogen and oxygen atoms in total. The van der Waals surface area contributed by atoms with Gasteiger partial charge in [0.2, 0.25) is 5.95 Å². The highest BCUT2D eigenvalue weighted by Gasteiger charge is 2.09. The number of benzene rings is 2. The monoisotopic (exact) mass is 432 g/mol. The maximum atomic E-state index is 5.62. The first-order valence-electron chi connectivity index (χ1n) is 10.5. The van der Waals surface area contributed by atoms with Gasteiger partial charge in [-0.2, -0.15) is 15.0 Å². The average Bonchev–Trinajstić information content (AvgIpc) is 2.81. The zero-order valence-corrected chi connectivity index (χ0v) is 18.3. The molecule has 0 atom stereocenters. The number of anilines is 1. The standard InChI is InChI=1S/C25H28N4O3/c1-4-14-31-21-12-10-19(11-13-21)18-26-24-27-23(28-25(29-24)30-6-3)17-20-8-7-9-22(16-20)32-15-5-2/h4-5,7-13,16H,1-2,6,14-15,17-18H2,3H3,(H,26,27,28,29). The van der Waals surface area contributed by atoms with Crippen molar-refractivity contribution in [3.05, 3.63) is 90.8 Å². The molecule has 3 rings (SSSR count). The number of hydrogen-bond acceptors (Lipinski definition) is 7. The number of aromatic nitrogens is 3. The second-order valence-electron chi connectivity index (χ2n) is 6.81. The highest BCUT2D eigenvalue weighted by Crippen LogP contribution is 2.18. The smallest absolute Gasteiger partial charge is 0.321 e. The van der Waals surface area contributed by atoms with Crippen molar-refractivity contribution in [2.45, 2.75) is 19.9 Å². The fraction of sp³-hybridized carbons (Fsp3) is 0.240. The number of ether oxygens (including phenoxy) is 3. The topological polar surface area (TPSA) is 78.4 Å². The van der Waals surface area contributed by atoms with Gasteiger partial charge in [0.05, 0.1) is 6.61 Å². The predicted molar refractivity (Wildman–Crippen MR) is 125 cm³/mol. The van der Waals surface area contributed by atoms with Crippen molar-refractivity contribution in [3.8, 4) is 17.5 Å². The molecule has 3 aromatic rings. The van der Waals surface area contributed by atoms with Crippen LogP contribution in [0.2, 0.25) is 0 Å². The van der Waals surface area contributed by atoms with Crippen molar-refractivity contribution in [2.75, 3.05) is 25.1 Å². The Kier molecular flexibility index (Phi) is 8.62. The summed E-state index contributed by atoms with van der Waals surface area (Å²) in [7, 11) is 0. The minimum Gasteiger partial charge on any atom is -0.490 e. The molecule has 0 radical (unpaired) electrons. The van der Waals surface area contributed by atoms with E-state index in [1.807, 2.05) is 55.5 Å². The van der Waals surface area contributed by atoms with Gasteiger partial charge in [-0.1, -0.05) is 49.6 Å². The Morgan fingerprint density at radius 2 is 1.59 bits per heavy atom. The van der Waals surface area contributed by atoms with Crippen LogP contribution >= 0.6 is 0 Å². The van der Waals surface area contributed by atoms with E-state index in [1.54, 1.807) is 12.2 Å². The van der Waals surface area contributed by atoms with Gasteiger partial charge in [0, 0.05) is 13.0 Å². The van der Waals surface area contributed by atoms with Crippen molar-refractivity contribution < 1.29 is 14.2 Å². The molecule has 1 aromatic heterocycles. The highest BCUT2D eigenvalue weighted by molar-refractivity contribution is 5.34. The molecule has 1 heterocycles. The van der Waals surface area contributed by atoms with E-state index in [9.17, 15) is 0 Å². The van der Waals surface area contributed by atoms with Gasteiger partial charge in [-0.3, -0.25) is 0 Å². The normalized spacial score (nSPS) is 10.3. The summed E-state index contributed by atoms with van der Waals surface area (Å²) in [4.78, 5) is 13.4. The van der Waals surface area contributed by atoms with E-state index in [0.29, 0.717) is 50.6 Å². The van der Waals surface area contributed by atoms with Crippen molar-refractivity contribution in [3.63, 3.8) is 0 Å². The van der Waals surface area contributed by atoms with Crippen molar-refractivity contribution in [1.82, 2.24) is 15.0 Å². The summed E-state index contributed by atoms with van der Waals surface area (Å²) in [5.41, 5.74) is 2.10. The molecule has 0 bridgehead atoms. The molecule has 32 heavy (non-hydrogen) atoms. The van der Waals surface area contributed by atoms with Gasteiger partial charge in [0.25, 0.3) is 0 Å². The summed E-state index contributed by atoms with van der Waals surface area (Å²) in [5, 5.41) is 3.25. The molecule has 0 spiro atoms. The highest BCUT2D eigenvalue weighted by atomic mass is 16.5. The van der Waals surface area contributed by atoms with E-state index in [4.69, 9.17) is 14.2 Å². The van der Waals surface area contributed by atoms with Crippen LogP contribution in [0.15, 0.2) is 73.8 Å². The third-order valence-corrected chi connectivity index (χ3v) is 4.31. The molecule has 0 unspecified atom stereocenters. The number of nitrogens with zero attached hydrogens (tertiary/aromatic N) is 3. The van der Waals surface area contributed by atoms with Crippen LogP contribution in [-0.2, 0) is 13.0 Å². The Labute approximate surface area is 188 Å². The molecule has 166 valence electrons. The van der Waals surface area contributed by atoms with E-state index in [1.165, 1.54) is 0 Å². The lowest BCUT2D eigenvalue weighted by Gasteiger charge is -2.10. The van der Waals surface area contributed by atoms with Gasteiger partial charge in [0.1, 0.15) is 30.5 Å². The van der Waals surface area contributed by atoms with E-state index >= 15 is 0 Å². The molecule has 1 N–H and O–H groups in total. The summed E-state index contributed by atoms with van der Waals surface area (Å²) in [6.07, 6.45) is 3.96. The van der Waals surface area contributed by atoms with Gasteiger partial charge >= 0.3 is 6.01 Å². The van der Waals surface area contributed by atoms with Crippen molar-refractivity contribution in [2.24, 2.45) is 0 Å². The third-order valence-electron chi connectivity index (χ3n) is 4.31. The van der Waals surface area contributed by atoms with Gasteiger partial charge in [-0.05, 0) is 42.3 Å². The molecule has 0 amide bonds. The van der Waals surface area contributed by atoms with Crippen LogP contribution in [0.1, 0.15) is 23.9 Å². The minimum atomic E-state index is 0.298. The SMILES string of the molecule is C=CCOc1ccc(CNc2nc(Cc3cccc(OCC=C)c3)nc(OCC)n2)cc1. The van der Waals surface area contributed by atoms with E-state index in [0.717, 1.165) is 22.6 Å². The summed E-state index contributed by atoms with van der Waals surface area (Å²) < 4.78 is 16.7. The maximum absolute atomic E-state index is 5.62. The zero-order chi connectivity index (χ0) is 22.6. The van der Waals surface area contributed by atoms with Gasteiger partial charge < -0.3 is 19.5 Å². The van der Waals surface area contributed by atoms with Crippen LogP contribution < -0.4 is 19.5 Å². The Morgan fingerprint density at radius 3 is 2.31 bits per heavy atom. The number of nitrogens with one attached hydrogen (secondary N) is 1. The quantitative estimate of drug-likeness (QED) is 0.395. The van der Waals surface area contributed by atoms with Crippen LogP contribution in [0.4, 0.5) is 5.95 Å². The summed E-state index contributed by atoms with van der Waals surface area (Å²) in [5.74, 6) is 2.65. The molecule has 0 aliphatic rings. The predicted octanol–water partition coefficient (Wildman–Crippen LogP) is 4.60. The van der Waals surface area contributed by atoms with Crippen LogP contribution in [0.25, 0.3) is 0 Å². The Bertz CT molecular complexity index is 1020. The number of hydrogen-bond donors (Lipinski definition) is 1. The van der Waals surface area contributed by atoms with Gasteiger partial charge in [0.15, 0.2) is 0 Å². The first-order chi connectivity index (χ1) is 15.7. The summed E-state index contributed by atoms with van der Waals surface area (Å²) in [6, 6.07) is 16.0. The molecule has 0 saturated heterocycles. The van der Waals surface area contributed by atoms with Crippen LogP contribution in [-0.4, -0.2) is 34.8 Å². The van der Waals surface area contributed by atoms with E-state index in [2.05, 4.69) is 33.4 Å². The van der Waals surface area contributed by atoms with Crippen LogP contribution in [0, 0.1) is 0 Å². The van der Waals surface area contributed by atoms with Gasteiger partial charge in [-0.15, -0.1) is 0 Å². The van der Waals surface area contributed by atoms with E-state index < -0.39 is 0 Å². The molecule has 0 aliphatic carbocycles. The molecular formula is C25H28N4O3. The second-order valence-corrected chi connectivity index (χ2v) is 6.81. The van der Waals surface area contributed by atoms with Crippen LogP contribution in [0.3, 0.4) is 0 Å². The first-order valence-corrected chi connectivity index (χ1v) is 10.5. The van der Waals surface area contributed by atoms with Crippen molar-refractivity contribution >= 4 is 5.95 Å². The third kappa shape index (κ3) is 7.12. The summed E-state index contributed by atoms with van der Waals surface area (Å²) in [6.45, 7) is 11.2. The minimum absolute atomic E-state index is 0.298. The zero-order valence-electron chi connectivity index (χ0n) is 18.3. The largest absolute Gasteiger partial charge is 0.490 e. The maximum Gasteiger partial charge on any atom is 0.321 e. The Morgan fingerprint density at radius 1 is 0.844 bits per heavy atom. The fourth-order valence-electron chi connectivity index (χ4n) is 2.87.